The Labute approximate surface area is 127 Å². The van der Waals surface area contributed by atoms with Gasteiger partial charge in [-0.1, -0.05) is 0 Å². The van der Waals surface area contributed by atoms with Crippen LogP contribution in [0.15, 0.2) is 29.3 Å². The van der Waals surface area contributed by atoms with Crippen molar-refractivity contribution in [1.82, 2.24) is 19.9 Å². The van der Waals surface area contributed by atoms with E-state index in [9.17, 15) is 10.1 Å². The summed E-state index contributed by atoms with van der Waals surface area (Å²) in [5, 5.41) is 9.25. The zero-order chi connectivity index (χ0) is 15.5. The number of aromatic nitrogens is 3. The summed E-state index contributed by atoms with van der Waals surface area (Å²) in [5.41, 5.74) is 0.748. The maximum absolute atomic E-state index is 12.2. The van der Waals surface area contributed by atoms with Crippen LogP contribution in [0.5, 0.6) is 0 Å². The number of hydrogen-bond donors (Lipinski definition) is 1. The van der Waals surface area contributed by atoms with Crippen molar-refractivity contribution in [2.45, 2.75) is 0 Å². The lowest BCUT2D eigenvalue weighted by Crippen LogP contribution is -2.45. The summed E-state index contributed by atoms with van der Waals surface area (Å²) in [5.74, 6) is 0.518. The predicted octanol–water partition coefficient (Wildman–Crippen LogP) is 0.455. The van der Waals surface area contributed by atoms with Crippen molar-refractivity contribution in [2.24, 2.45) is 0 Å². The number of nitrogens with zero attached hydrogens (tertiary/aromatic N) is 5. The van der Waals surface area contributed by atoms with Gasteiger partial charge in [0.25, 0.3) is 5.56 Å². The predicted molar refractivity (Wildman–Crippen MR) is 82.5 cm³/mol. The van der Waals surface area contributed by atoms with Gasteiger partial charge in [0.15, 0.2) is 0 Å². The van der Waals surface area contributed by atoms with E-state index >= 15 is 0 Å². The average molecular weight is 296 g/mol. The van der Waals surface area contributed by atoms with Crippen LogP contribution in [0, 0.1) is 11.3 Å². The first-order valence-corrected chi connectivity index (χ1v) is 7.07. The third-order valence-electron chi connectivity index (χ3n) is 3.78. The van der Waals surface area contributed by atoms with Crippen molar-refractivity contribution in [2.75, 3.05) is 38.1 Å². The Hall–Kier alpha value is -2.72. The number of nitrogens with one attached hydrogen (secondary N) is 1. The lowest BCUT2D eigenvalue weighted by atomic mass is 10.1. The SMILES string of the molecule is CN1CCN(c2nc(-c3ccncc3)c(C#N)c(=O)[nH]2)CC1. The summed E-state index contributed by atoms with van der Waals surface area (Å²) in [6, 6.07) is 5.44. The average Bonchev–Trinajstić information content (AvgIpc) is 2.55. The number of pyridine rings is 1. The topological polar surface area (TPSA) is 88.9 Å². The quantitative estimate of drug-likeness (QED) is 0.866. The monoisotopic (exact) mass is 296 g/mol. The van der Waals surface area contributed by atoms with E-state index in [1.807, 2.05) is 11.0 Å². The molecule has 3 rings (SSSR count). The molecular formula is C15H16N6O. The van der Waals surface area contributed by atoms with E-state index in [4.69, 9.17) is 0 Å². The van der Waals surface area contributed by atoms with Crippen LogP contribution < -0.4 is 10.5 Å². The number of rotatable bonds is 2. The minimum absolute atomic E-state index is 0.0316. The van der Waals surface area contributed by atoms with Crippen LogP contribution in [0.1, 0.15) is 5.56 Å². The van der Waals surface area contributed by atoms with Crippen molar-refractivity contribution >= 4 is 5.95 Å². The van der Waals surface area contributed by atoms with E-state index in [1.54, 1.807) is 24.5 Å². The fourth-order valence-electron chi connectivity index (χ4n) is 2.45. The van der Waals surface area contributed by atoms with Gasteiger partial charge >= 0.3 is 0 Å². The van der Waals surface area contributed by atoms with E-state index in [0.29, 0.717) is 17.2 Å². The molecule has 0 atom stereocenters. The molecule has 3 heterocycles. The fourth-order valence-corrected chi connectivity index (χ4v) is 2.45. The third-order valence-corrected chi connectivity index (χ3v) is 3.78. The molecule has 1 N–H and O–H groups in total. The van der Waals surface area contributed by atoms with Gasteiger partial charge in [-0.05, 0) is 19.2 Å². The molecule has 0 aliphatic carbocycles. The minimum Gasteiger partial charge on any atom is -0.340 e. The van der Waals surface area contributed by atoms with Crippen LogP contribution in [0.3, 0.4) is 0 Å². The standard InChI is InChI=1S/C15H16N6O/c1-20-6-8-21(9-7-20)15-18-13(11-2-4-17-5-3-11)12(10-16)14(22)19-15/h2-5H,6-9H2,1H3,(H,18,19,22). The highest BCUT2D eigenvalue weighted by molar-refractivity contribution is 5.66. The number of aromatic amines is 1. The van der Waals surface area contributed by atoms with Crippen LogP contribution in [0.4, 0.5) is 5.95 Å². The summed E-state index contributed by atoms with van der Waals surface area (Å²) in [7, 11) is 2.06. The molecule has 7 heteroatoms. The Morgan fingerprint density at radius 1 is 1.23 bits per heavy atom. The molecule has 0 saturated carbocycles. The van der Waals surface area contributed by atoms with E-state index in [-0.39, 0.29) is 5.56 Å². The van der Waals surface area contributed by atoms with Gasteiger partial charge in [0.05, 0.1) is 5.69 Å². The highest BCUT2D eigenvalue weighted by Crippen LogP contribution is 2.20. The Balaban J connectivity index is 2.06. The van der Waals surface area contributed by atoms with Crippen LogP contribution in [0.25, 0.3) is 11.3 Å². The van der Waals surface area contributed by atoms with Crippen LogP contribution in [-0.4, -0.2) is 53.1 Å². The molecule has 2 aromatic heterocycles. The molecule has 1 aliphatic rings. The largest absolute Gasteiger partial charge is 0.340 e. The molecule has 2 aromatic rings. The van der Waals surface area contributed by atoms with Gasteiger partial charge in [0.2, 0.25) is 5.95 Å². The third kappa shape index (κ3) is 2.69. The van der Waals surface area contributed by atoms with Crippen LogP contribution >= 0.6 is 0 Å². The number of H-pyrrole nitrogens is 1. The van der Waals surface area contributed by atoms with Crippen molar-refractivity contribution in [3.8, 4) is 17.3 Å². The summed E-state index contributed by atoms with van der Waals surface area (Å²) in [6.45, 7) is 3.41. The number of piperazine rings is 1. The molecule has 22 heavy (non-hydrogen) atoms. The van der Waals surface area contributed by atoms with Gasteiger partial charge in [-0.3, -0.25) is 14.8 Å². The second-order valence-corrected chi connectivity index (χ2v) is 5.25. The lowest BCUT2D eigenvalue weighted by molar-refractivity contribution is 0.311. The molecule has 0 amide bonds. The molecule has 1 fully saturated rings. The maximum atomic E-state index is 12.2. The number of anilines is 1. The molecule has 7 nitrogen and oxygen atoms in total. The normalized spacial score (nSPS) is 15.5. The van der Waals surface area contributed by atoms with Gasteiger partial charge in [-0.25, -0.2) is 4.98 Å². The fraction of sp³-hybridized carbons (Fsp3) is 0.333. The Morgan fingerprint density at radius 3 is 2.55 bits per heavy atom. The smallest absolute Gasteiger partial charge is 0.270 e. The van der Waals surface area contributed by atoms with Crippen LogP contribution in [0.2, 0.25) is 0 Å². The first-order valence-electron chi connectivity index (χ1n) is 7.07. The highest BCUT2D eigenvalue weighted by Gasteiger charge is 2.19. The van der Waals surface area contributed by atoms with E-state index < -0.39 is 5.56 Å². The van der Waals surface area contributed by atoms with E-state index in [1.165, 1.54) is 0 Å². The zero-order valence-corrected chi connectivity index (χ0v) is 12.3. The maximum Gasteiger partial charge on any atom is 0.270 e. The number of hydrogen-bond acceptors (Lipinski definition) is 6. The second-order valence-electron chi connectivity index (χ2n) is 5.25. The minimum atomic E-state index is -0.404. The number of nitriles is 1. The molecule has 0 unspecified atom stereocenters. The zero-order valence-electron chi connectivity index (χ0n) is 12.3. The highest BCUT2D eigenvalue weighted by atomic mass is 16.1. The van der Waals surface area contributed by atoms with Gasteiger partial charge < -0.3 is 9.80 Å². The molecule has 0 radical (unpaired) electrons. The van der Waals surface area contributed by atoms with Gasteiger partial charge in [-0.2, -0.15) is 5.26 Å². The molecule has 0 aromatic carbocycles. The van der Waals surface area contributed by atoms with E-state index in [0.717, 1.165) is 26.2 Å². The molecule has 1 aliphatic heterocycles. The molecular weight excluding hydrogens is 280 g/mol. The molecule has 112 valence electrons. The van der Waals surface area contributed by atoms with Crippen molar-refractivity contribution < 1.29 is 0 Å². The molecule has 1 saturated heterocycles. The Kier molecular flexibility index (Phi) is 3.85. The summed E-state index contributed by atoms with van der Waals surface area (Å²) in [6.07, 6.45) is 3.24. The summed E-state index contributed by atoms with van der Waals surface area (Å²) in [4.78, 5) is 27.7. The number of likely N-dealkylation sites (N-methyl/N-ethyl adjacent to an activating group) is 1. The van der Waals surface area contributed by atoms with Gasteiger partial charge in [0.1, 0.15) is 11.6 Å². The molecule has 0 spiro atoms. The summed E-state index contributed by atoms with van der Waals surface area (Å²) < 4.78 is 0. The van der Waals surface area contributed by atoms with Gasteiger partial charge in [-0.15, -0.1) is 0 Å². The van der Waals surface area contributed by atoms with Crippen molar-refractivity contribution in [3.05, 3.63) is 40.4 Å². The second kappa shape index (κ2) is 5.95. The van der Waals surface area contributed by atoms with Crippen molar-refractivity contribution in [1.29, 1.82) is 5.26 Å². The van der Waals surface area contributed by atoms with Crippen molar-refractivity contribution in [3.63, 3.8) is 0 Å². The lowest BCUT2D eigenvalue weighted by Gasteiger charge is -2.32. The Bertz CT molecular complexity index is 756. The van der Waals surface area contributed by atoms with Crippen LogP contribution in [-0.2, 0) is 0 Å². The first kappa shape index (κ1) is 14.2. The summed E-state index contributed by atoms with van der Waals surface area (Å²) >= 11 is 0. The van der Waals surface area contributed by atoms with E-state index in [2.05, 4.69) is 26.9 Å². The van der Waals surface area contributed by atoms with Gasteiger partial charge in [0, 0.05) is 44.1 Å². The molecule has 0 bridgehead atoms. The first-order chi connectivity index (χ1) is 10.7. The Morgan fingerprint density at radius 2 is 1.91 bits per heavy atom.